The second-order valence-electron chi connectivity index (χ2n) is 8.84. The summed E-state index contributed by atoms with van der Waals surface area (Å²) in [5.41, 5.74) is -0.586. The van der Waals surface area contributed by atoms with Gasteiger partial charge in [-0.2, -0.15) is 13.2 Å². The van der Waals surface area contributed by atoms with Gasteiger partial charge in [-0.05, 0) is 68.3 Å². The normalized spacial score (nSPS) is 17.6. The molecule has 4 rings (SSSR count). The number of aryl methyl sites for hydroxylation is 2. The van der Waals surface area contributed by atoms with Gasteiger partial charge in [0.05, 0.1) is 23.2 Å². The third-order valence-electron chi connectivity index (χ3n) is 6.14. The number of Topliss-reactive ketones (excluding diaryl/α,β-unsaturated/α-hetero) is 1. The number of hydrogen-bond acceptors (Lipinski definition) is 6. The largest absolute Gasteiger partial charge is 0.433 e. The fraction of sp³-hybridized carbons (Fsp3) is 0.346. The molecular formula is C26H25F3N4O2S. The molecule has 188 valence electrons. The van der Waals surface area contributed by atoms with Gasteiger partial charge in [-0.3, -0.25) is 9.59 Å². The van der Waals surface area contributed by atoms with Crippen LogP contribution < -0.4 is 5.32 Å². The van der Waals surface area contributed by atoms with Gasteiger partial charge in [0.25, 0.3) is 0 Å². The van der Waals surface area contributed by atoms with E-state index in [1.807, 2.05) is 24.3 Å². The average molecular weight is 515 g/mol. The molecule has 1 unspecified atom stereocenters. The minimum absolute atomic E-state index is 0.0405. The molecule has 10 heteroatoms. The number of rotatable bonds is 6. The van der Waals surface area contributed by atoms with Crippen molar-refractivity contribution in [3.8, 4) is 0 Å². The number of amides is 1. The highest BCUT2D eigenvalue weighted by molar-refractivity contribution is 7.99. The van der Waals surface area contributed by atoms with E-state index < -0.39 is 17.3 Å². The van der Waals surface area contributed by atoms with Crippen molar-refractivity contribution in [3.63, 3.8) is 0 Å². The summed E-state index contributed by atoms with van der Waals surface area (Å²) in [5.74, 6) is 0.658. The van der Waals surface area contributed by atoms with Crippen LogP contribution in [0.2, 0.25) is 0 Å². The van der Waals surface area contributed by atoms with E-state index in [-0.39, 0.29) is 36.1 Å². The van der Waals surface area contributed by atoms with Crippen LogP contribution in [0.15, 0.2) is 47.4 Å². The maximum Gasteiger partial charge on any atom is 0.433 e. The number of ketones is 1. The zero-order chi connectivity index (χ0) is 26.1. The average Bonchev–Trinajstić information content (AvgIpc) is 2.82. The molecule has 2 heterocycles. The highest BCUT2D eigenvalue weighted by Crippen LogP contribution is 2.39. The molecule has 1 N–H and O–H groups in total. The Hall–Kier alpha value is -3.27. The number of benzene rings is 1. The smallest absolute Gasteiger partial charge is 0.310 e. The molecule has 6 nitrogen and oxygen atoms in total. The maximum absolute atomic E-state index is 13.4. The number of carbonyl (C=O) groups is 2. The summed E-state index contributed by atoms with van der Waals surface area (Å²) in [6.45, 7) is 5.05. The molecule has 0 radical (unpaired) electrons. The zero-order valence-corrected chi connectivity index (χ0v) is 20.9. The number of thioether (sulfide) groups is 1. The third-order valence-corrected chi connectivity index (χ3v) is 7.04. The molecule has 1 aliphatic carbocycles. The lowest BCUT2D eigenvalue weighted by Gasteiger charge is -2.32. The first-order valence-corrected chi connectivity index (χ1v) is 12.5. The van der Waals surface area contributed by atoms with Crippen LogP contribution in [-0.4, -0.2) is 32.4 Å². The Morgan fingerprint density at radius 1 is 1.11 bits per heavy atom. The molecule has 1 aliphatic rings. The lowest BCUT2D eigenvalue weighted by Crippen LogP contribution is -2.39. The van der Waals surface area contributed by atoms with Crippen LogP contribution in [0.1, 0.15) is 59.1 Å². The van der Waals surface area contributed by atoms with Gasteiger partial charge in [0.15, 0.2) is 5.78 Å². The van der Waals surface area contributed by atoms with E-state index in [9.17, 15) is 22.8 Å². The number of anilines is 1. The SMILES string of the molecule is CCSc1ccc(CC(=O)Nc2ccc3c(n2)CCC(C)(c2cc(C(F)(F)F)nc(C)n2)C3=O)cc1. The molecule has 3 aromatic rings. The number of pyridine rings is 1. The maximum atomic E-state index is 13.4. The van der Waals surface area contributed by atoms with Crippen molar-refractivity contribution in [2.45, 2.75) is 56.5 Å². The molecule has 0 aliphatic heterocycles. The van der Waals surface area contributed by atoms with Gasteiger partial charge in [0, 0.05) is 10.5 Å². The Labute approximate surface area is 211 Å². The number of nitrogens with one attached hydrogen (secondary N) is 1. The van der Waals surface area contributed by atoms with Crippen LogP contribution in [0.5, 0.6) is 0 Å². The van der Waals surface area contributed by atoms with E-state index in [1.54, 1.807) is 24.8 Å². The quantitative estimate of drug-likeness (QED) is 0.433. The monoisotopic (exact) mass is 514 g/mol. The molecule has 1 amide bonds. The van der Waals surface area contributed by atoms with Crippen molar-refractivity contribution in [2.24, 2.45) is 0 Å². The summed E-state index contributed by atoms with van der Waals surface area (Å²) in [5, 5.41) is 2.77. The standard InChI is InChI=1S/C26H25F3N4O2S/c1-4-36-17-7-5-16(6-8-17)13-23(34)33-22-10-9-18-19(32-22)11-12-25(3,24(18)35)20-14-21(26(27,28)29)31-15(2)30-20/h5-10,14H,4,11-13H2,1-3H3,(H,32,33,34). The molecule has 0 fully saturated rings. The van der Waals surface area contributed by atoms with Gasteiger partial charge in [-0.15, -0.1) is 11.8 Å². The first kappa shape index (κ1) is 25.8. The number of aromatic nitrogens is 3. The number of nitrogens with zero attached hydrogens (tertiary/aromatic N) is 3. The fourth-order valence-electron chi connectivity index (χ4n) is 4.23. The molecule has 0 spiro atoms. The van der Waals surface area contributed by atoms with E-state index in [2.05, 4.69) is 27.2 Å². The Morgan fingerprint density at radius 3 is 2.50 bits per heavy atom. The lowest BCUT2D eigenvalue weighted by atomic mass is 9.71. The Balaban J connectivity index is 1.51. The number of halogens is 3. The highest BCUT2D eigenvalue weighted by atomic mass is 32.2. The van der Waals surface area contributed by atoms with Gasteiger partial charge in [0.1, 0.15) is 17.3 Å². The number of alkyl halides is 3. The van der Waals surface area contributed by atoms with Crippen molar-refractivity contribution >= 4 is 29.3 Å². The van der Waals surface area contributed by atoms with E-state index in [4.69, 9.17) is 0 Å². The van der Waals surface area contributed by atoms with E-state index in [1.165, 1.54) is 13.0 Å². The summed E-state index contributed by atoms with van der Waals surface area (Å²) in [6.07, 6.45) is -3.87. The first-order valence-electron chi connectivity index (χ1n) is 11.5. The van der Waals surface area contributed by atoms with E-state index in [0.717, 1.165) is 22.3 Å². The molecular weight excluding hydrogens is 489 g/mol. The zero-order valence-electron chi connectivity index (χ0n) is 20.1. The minimum atomic E-state index is -4.64. The van der Waals surface area contributed by atoms with E-state index in [0.29, 0.717) is 23.5 Å². The summed E-state index contributed by atoms with van der Waals surface area (Å²) < 4.78 is 39.9. The van der Waals surface area contributed by atoms with Crippen molar-refractivity contribution in [1.82, 2.24) is 15.0 Å². The van der Waals surface area contributed by atoms with Crippen LogP contribution in [0.25, 0.3) is 0 Å². The van der Waals surface area contributed by atoms with Crippen molar-refractivity contribution < 1.29 is 22.8 Å². The Kier molecular flexibility index (Phi) is 7.17. The molecule has 2 aromatic heterocycles. The van der Waals surface area contributed by atoms with Crippen molar-refractivity contribution in [1.29, 1.82) is 0 Å². The summed E-state index contributed by atoms with van der Waals surface area (Å²) in [6, 6.07) is 11.7. The van der Waals surface area contributed by atoms with Gasteiger partial charge < -0.3 is 5.32 Å². The topological polar surface area (TPSA) is 84.8 Å². The fourth-order valence-corrected chi connectivity index (χ4v) is 4.89. The van der Waals surface area contributed by atoms with Crippen molar-refractivity contribution in [2.75, 3.05) is 11.1 Å². The van der Waals surface area contributed by atoms with E-state index >= 15 is 0 Å². The summed E-state index contributed by atoms with van der Waals surface area (Å²) in [7, 11) is 0. The summed E-state index contributed by atoms with van der Waals surface area (Å²) >= 11 is 1.72. The predicted molar refractivity (Wildman–Crippen MR) is 131 cm³/mol. The van der Waals surface area contributed by atoms with Gasteiger partial charge >= 0.3 is 6.18 Å². The van der Waals surface area contributed by atoms with Crippen LogP contribution in [-0.2, 0) is 29.2 Å². The highest BCUT2D eigenvalue weighted by Gasteiger charge is 2.44. The van der Waals surface area contributed by atoms with Crippen LogP contribution in [0, 0.1) is 6.92 Å². The summed E-state index contributed by atoms with van der Waals surface area (Å²) in [4.78, 5) is 39.2. The third kappa shape index (κ3) is 5.43. The van der Waals surface area contributed by atoms with Gasteiger partial charge in [-0.25, -0.2) is 15.0 Å². The molecule has 1 aromatic carbocycles. The van der Waals surface area contributed by atoms with Gasteiger partial charge in [0.2, 0.25) is 5.91 Å². The van der Waals surface area contributed by atoms with Crippen molar-refractivity contribution in [3.05, 3.63) is 76.5 Å². The van der Waals surface area contributed by atoms with Gasteiger partial charge in [-0.1, -0.05) is 19.1 Å². The molecule has 0 bridgehead atoms. The first-order chi connectivity index (χ1) is 17.0. The Morgan fingerprint density at radius 2 is 1.83 bits per heavy atom. The van der Waals surface area contributed by atoms with Crippen LogP contribution >= 0.6 is 11.8 Å². The Bertz CT molecular complexity index is 1310. The molecule has 1 atom stereocenters. The van der Waals surface area contributed by atoms with Crippen LogP contribution in [0.4, 0.5) is 19.0 Å². The molecule has 0 saturated heterocycles. The number of carbonyl (C=O) groups excluding carboxylic acids is 2. The minimum Gasteiger partial charge on any atom is -0.310 e. The second-order valence-corrected chi connectivity index (χ2v) is 10.2. The second kappa shape index (κ2) is 10.0. The predicted octanol–water partition coefficient (Wildman–Crippen LogP) is 5.58. The number of hydrogen-bond donors (Lipinski definition) is 1. The molecule has 0 saturated carbocycles. The van der Waals surface area contributed by atoms with Crippen LogP contribution in [0.3, 0.4) is 0 Å². The molecule has 36 heavy (non-hydrogen) atoms. The lowest BCUT2D eigenvalue weighted by molar-refractivity contribution is -0.141. The number of fused-ring (bicyclic) bond motifs is 1.